The van der Waals surface area contributed by atoms with Gasteiger partial charge >= 0.3 is 0 Å². The molecule has 0 fully saturated rings. The van der Waals surface area contributed by atoms with E-state index in [9.17, 15) is 0 Å². The van der Waals surface area contributed by atoms with Gasteiger partial charge in [-0.25, -0.2) is 0 Å². The normalized spacial score (nSPS) is 13.0. The number of hydrogen-bond acceptors (Lipinski definition) is 2. The highest BCUT2D eigenvalue weighted by atomic mass is 15.1. The number of hydrogen-bond donors (Lipinski definition) is 1. The van der Waals surface area contributed by atoms with Crippen molar-refractivity contribution >= 4 is 33.3 Å². The Morgan fingerprint density at radius 1 is 0.610 bits per heavy atom. The third-order valence-electron chi connectivity index (χ3n) is 11.6. The summed E-state index contributed by atoms with van der Waals surface area (Å²) in [6.07, 6.45) is 17.8. The van der Waals surface area contributed by atoms with Gasteiger partial charge < -0.3 is 10.6 Å². The molecule has 290 valence electrons. The van der Waals surface area contributed by atoms with Crippen LogP contribution in [-0.4, -0.2) is 0 Å². The number of aryl methyl sites for hydroxylation is 3. The van der Waals surface area contributed by atoms with Crippen LogP contribution in [0, 0.1) is 0 Å². The van der Waals surface area contributed by atoms with E-state index in [4.69, 9.17) is 5.73 Å². The first kappa shape index (κ1) is 38.9. The molecule has 7 aromatic rings. The first-order valence-electron chi connectivity index (χ1n) is 20.9. The van der Waals surface area contributed by atoms with Gasteiger partial charge in [0.05, 0.1) is 5.69 Å². The summed E-state index contributed by atoms with van der Waals surface area (Å²) >= 11 is 0. The van der Waals surface area contributed by atoms with Gasteiger partial charge in [0.25, 0.3) is 0 Å². The minimum atomic E-state index is 0.815. The maximum absolute atomic E-state index is 6.65. The van der Waals surface area contributed by atoms with Crippen LogP contribution in [0.3, 0.4) is 0 Å². The van der Waals surface area contributed by atoms with Gasteiger partial charge in [0.15, 0.2) is 0 Å². The number of anilines is 2. The van der Waals surface area contributed by atoms with Crippen LogP contribution in [0.5, 0.6) is 0 Å². The highest BCUT2D eigenvalue weighted by Gasteiger charge is 2.21. The molecular weight excluding hydrogens is 713 g/mol. The summed E-state index contributed by atoms with van der Waals surface area (Å²) in [5.41, 5.74) is 23.2. The van der Waals surface area contributed by atoms with Gasteiger partial charge in [0.2, 0.25) is 0 Å². The molecule has 1 aliphatic rings. The zero-order chi connectivity index (χ0) is 40.4. The molecule has 2 N–H and O–H groups in total. The summed E-state index contributed by atoms with van der Waals surface area (Å²) in [6.45, 7) is 8.80. The summed E-state index contributed by atoms with van der Waals surface area (Å²) in [6, 6.07) is 58.8. The molecule has 0 radical (unpaired) electrons. The maximum Gasteiger partial charge on any atom is 0.0540 e. The van der Waals surface area contributed by atoms with Gasteiger partial charge in [0, 0.05) is 28.5 Å². The molecule has 7 aromatic carbocycles. The van der Waals surface area contributed by atoms with E-state index in [1.807, 2.05) is 6.08 Å². The summed E-state index contributed by atoms with van der Waals surface area (Å²) < 4.78 is 0. The van der Waals surface area contributed by atoms with Crippen molar-refractivity contribution in [3.8, 4) is 11.1 Å². The minimum Gasteiger partial charge on any atom is -0.404 e. The fraction of sp³-hybridized carbons (Fsp3) is 0.123. The second-order valence-electron chi connectivity index (χ2n) is 15.4. The van der Waals surface area contributed by atoms with Gasteiger partial charge in [-0.05, 0) is 136 Å². The number of nitrogens with zero attached hydrogens (tertiary/aromatic N) is 1. The smallest absolute Gasteiger partial charge is 0.0540 e. The van der Waals surface area contributed by atoms with E-state index in [1.165, 1.54) is 53.5 Å². The zero-order valence-electron chi connectivity index (χ0n) is 33.9. The standard InChI is InChI=1S/C57H52N2/c1-3-18-49(27-16-21-43-19-6-4-7-20-43)59(50-28-17-26-48(40-50)45-22-8-5-9-23-45)57-38-37-54(53-31-14-15-32-55(53)57)56(41-58)52-30-13-12-29-51(52)42(2)33-34-44-35-36-46-24-10-11-25-47(46)39-44/h3-9,12-20,22-23,26-32,35-41H,1-2,10-11,21,24-25,33-34,58H2/b27-16-,49-18+,56-41+. The quantitative estimate of drug-likeness (QED) is 0.112. The fourth-order valence-corrected chi connectivity index (χ4v) is 8.57. The van der Waals surface area contributed by atoms with Crippen molar-refractivity contribution in [3.05, 3.63) is 252 Å². The van der Waals surface area contributed by atoms with Crippen LogP contribution in [0.25, 0.3) is 33.0 Å². The van der Waals surface area contributed by atoms with Crippen LogP contribution in [0.15, 0.2) is 213 Å². The number of allylic oxidation sites excluding steroid dienone is 5. The lowest BCUT2D eigenvalue weighted by atomic mass is 9.86. The van der Waals surface area contributed by atoms with Crippen molar-refractivity contribution in [3.63, 3.8) is 0 Å². The number of nitrogens with two attached hydrogens (primary N) is 1. The molecule has 0 saturated carbocycles. The zero-order valence-corrected chi connectivity index (χ0v) is 33.9. The van der Waals surface area contributed by atoms with Crippen molar-refractivity contribution in [2.45, 2.75) is 44.9 Å². The van der Waals surface area contributed by atoms with E-state index in [0.717, 1.165) is 80.5 Å². The molecule has 0 bridgehead atoms. The van der Waals surface area contributed by atoms with Crippen molar-refractivity contribution in [1.82, 2.24) is 0 Å². The van der Waals surface area contributed by atoms with Gasteiger partial charge in [0.1, 0.15) is 0 Å². The van der Waals surface area contributed by atoms with Crippen molar-refractivity contribution < 1.29 is 0 Å². The van der Waals surface area contributed by atoms with Crippen LogP contribution in [0.2, 0.25) is 0 Å². The second-order valence-corrected chi connectivity index (χ2v) is 15.4. The van der Waals surface area contributed by atoms with E-state index in [2.05, 4.69) is 200 Å². The van der Waals surface area contributed by atoms with E-state index >= 15 is 0 Å². The molecule has 2 heteroatoms. The highest BCUT2D eigenvalue weighted by Crippen LogP contribution is 2.42. The topological polar surface area (TPSA) is 29.3 Å². The second kappa shape index (κ2) is 18.6. The van der Waals surface area contributed by atoms with Crippen molar-refractivity contribution in [2.24, 2.45) is 5.73 Å². The van der Waals surface area contributed by atoms with E-state index < -0.39 is 0 Å². The Morgan fingerprint density at radius 3 is 2.08 bits per heavy atom. The Labute approximate surface area is 350 Å². The van der Waals surface area contributed by atoms with Crippen molar-refractivity contribution in [2.75, 3.05) is 4.90 Å². The van der Waals surface area contributed by atoms with Crippen LogP contribution >= 0.6 is 0 Å². The van der Waals surface area contributed by atoms with Crippen LogP contribution in [0.1, 0.15) is 58.2 Å². The Balaban J connectivity index is 1.18. The fourth-order valence-electron chi connectivity index (χ4n) is 8.57. The summed E-state index contributed by atoms with van der Waals surface area (Å²) in [5.74, 6) is 0. The molecule has 0 amide bonds. The predicted octanol–water partition coefficient (Wildman–Crippen LogP) is 14.4. The number of rotatable bonds is 14. The van der Waals surface area contributed by atoms with Gasteiger partial charge in [-0.3, -0.25) is 0 Å². The summed E-state index contributed by atoms with van der Waals surface area (Å²) in [7, 11) is 0. The molecule has 0 spiro atoms. The molecule has 0 aliphatic heterocycles. The molecule has 1 aliphatic carbocycles. The van der Waals surface area contributed by atoms with Gasteiger partial charge in [-0.15, -0.1) is 0 Å². The Bertz CT molecular complexity index is 2680. The van der Waals surface area contributed by atoms with E-state index in [-0.39, 0.29) is 0 Å². The Kier molecular flexibility index (Phi) is 12.3. The Hall–Kier alpha value is -6.90. The average Bonchev–Trinajstić information content (AvgIpc) is 3.30. The van der Waals surface area contributed by atoms with Gasteiger partial charge in [-0.2, -0.15) is 0 Å². The third-order valence-corrected chi connectivity index (χ3v) is 11.6. The van der Waals surface area contributed by atoms with Crippen molar-refractivity contribution in [1.29, 1.82) is 0 Å². The first-order chi connectivity index (χ1) is 29.1. The molecule has 59 heavy (non-hydrogen) atoms. The largest absolute Gasteiger partial charge is 0.404 e. The number of fused-ring (bicyclic) bond motifs is 2. The number of benzene rings is 7. The molecule has 0 unspecified atom stereocenters. The maximum atomic E-state index is 6.65. The molecule has 0 atom stereocenters. The lowest BCUT2D eigenvalue weighted by Gasteiger charge is -2.29. The molecule has 8 rings (SSSR count). The van der Waals surface area contributed by atoms with Crippen LogP contribution in [-0.2, 0) is 25.7 Å². The van der Waals surface area contributed by atoms with E-state index in [0.29, 0.717) is 0 Å². The SMILES string of the molecule is C=C/C=C(\C=C/Cc1ccccc1)N(c1cccc(-c2ccccc2)c1)c1ccc(/C(=C/N)c2ccccc2C(=C)CCc2ccc3c(c2)CCCC3)c2ccccc12. The average molecular weight is 765 g/mol. The molecule has 0 saturated heterocycles. The highest BCUT2D eigenvalue weighted by molar-refractivity contribution is 6.06. The first-order valence-corrected chi connectivity index (χ1v) is 20.9. The van der Waals surface area contributed by atoms with Gasteiger partial charge in [-0.1, -0.05) is 171 Å². The van der Waals surface area contributed by atoms with Crippen LogP contribution < -0.4 is 10.6 Å². The van der Waals surface area contributed by atoms with Crippen LogP contribution in [0.4, 0.5) is 11.4 Å². The lowest BCUT2D eigenvalue weighted by Crippen LogP contribution is -2.16. The molecule has 2 nitrogen and oxygen atoms in total. The predicted molar refractivity (Wildman–Crippen MR) is 254 cm³/mol. The molecule has 0 aromatic heterocycles. The molecule has 0 heterocycles. The molecular formula is C57H52N2. The monoisotopic (exact) mass is 764 g/mol. The minimum absolute atomic E-state index is 0.815. The Morgan fingerprint density at radius 2 is 1.31 bits per heavy atom. The van der Waals surface area contributed by atoms with E-state index in [1.54, 1.807) is 6.20 Å². The summed E-state index contributed by atoms with van der Waals surface area (Å²) in [5, 5.41) is 2.23. The lowest BCUT2D eigenvalue weighted by molar-refractivity contribution is 0.684. The summed E-state index contributed by atoms with van der Waals surface area (Å²) in [4.78, 5) is 2.35. The third kappa shape index (κ3) is 8.83.